The molecular weight excluding hydrogens is 386 g/mol. The van der Waals surface area contributed by atoms with Crippen molar-refractivity contribution >= 4 is 39.8 Å². The summed E-state index contributed by atoms with van der Waals surface area (Å²) in [6, 6.07) is 13.4. The number of carbonyl (C=O) groups excluding carboxylic acids is 2. The van der Waals surface area contributed by atoms with E-state index < -0.39 is 6.03 Å². The minimum absolute atomic E-state index is 0.0164. The lowest BCUT2D eigenvalue weighted by Crippen LogP contribution is -2.30. The molecule has 0 unspecified atom stereocenters. The molecule has 2 N–H and O–H groups in total. The number of aryl methyl sites for hydroxylation is 2. The molecule has 3 aromatic rings. The van der Waals surface area contributed by atoms with Crippen molar-refractivity contribution in [3.8, 4) is 0 Å². The van der Waals surface area contributed by atoms with E-state index in [-0.39, 0.29) is 12.3 Å². The van der Waals surface area contributed by atoms with E-state index in [1.54, 1.807) is 4.90 Å². The summed E-state index contributed by atoms with van der Waals surface area (Å²) < 4.78 is 0. The van der Waals surface area contributed by atoms with Crippen LogP contribution in [0.3, 0.4) is 0 Å². The molecule has 4 rings (SSSR count). The predicted molar refractivity (Wildman–Crippen MR) is 115 cm³/mol. The Bertz CT molecular complexity index is 1060. The van der Waals surface area contributed by atoms with Crippen LogP contribution in [0.25, 0.3) is 0 Å². The molecule has 0 atom stereocenters. The van der Waals surface area contributed by atoms with Crippen molar-refractivity contribution in [1.82, 2.24) is 10.2 Å². The van der Waals surface area contributed by atoms with Crippen LogP contribution in [0.5, 0.6) is 0 Å². The van der Waals surface area contributed by atoms with Gasteiger partial charge in [-0.3, -0.25) is 10.1 Å². The van der Waals surface area contributed by atoms with Gasteiger partial charge in [-0.1, -0.05) is 35.6 Å². The largest absolute Gasteiger partial charge is 0.325 e. The average molecular weight is 407 g/mol. The topological polar surface area (TPSA) is 87.2 Å². The number of para-hydroxylation sites is 1. The standard InChI is InChI=1S/C21H21N5O2S/c1-13-9-14(2)11-16(10-13)22-20(28)23-21-25-24-18(29-21)12-19(27)26-8-7-15-5-3-4-6-17(15)26/h3-6,9-11H,7-8,12H2,1-2H3,(H2,22,23,25,28). The highest BCUT2D eigenvalue weighted by atomic mass is 32.1. The monoisotopic (exact) mass is 407 g/mol. The van der Waals surface area contributed by atoms with Gasteiger partial charge < -0.3 is 10.2 Å². The third-order valence-corrected chi connectivity index (χ3v) is 5.50. The number of nitrogens with zero attached hydrogens (tertiary/aromatic N) is 3. The summed E-state index contributed by atoms with van der Waals surface area (Å²) in [6.45, 7) is 4.63. The lowest BCUT2D eigenvalue weighted by Gasteiger charge is -2.16. The first kappa shape index (κ1) is 19.1. The summed E-state index contributed by atoms with van der Waals surface area (Å²) in [6.07, 6.45) is 1.02. The lowest BCUT2D eigenvalue weighted by atomic mass is 10.1. The number of fused-ring (bicyclic) bond motifs is 1. The Morgan fingerprint density at radius 1 is 1.07 bits per heavy atom. The van der Waals surface area contributed by atoms with E-state index in [4.69, 9.17) is 0 Å². The molecule has 1 aliphatic heterocycles. The first-order valence-corrected chi connectivity index (χ1v) is 10.2. The molecule has 0 saturated carbocycles. The Morgan fingerprint density at radius 3 is 2.62 bits per heavy atom. The van der Waals surface area contributed by atoms with E-state index in [1.165, 1.54) is 16.9 Å². The fourth-order valence-corrected chi connectivity index (χ4v) is 4.23. The zero-order chi connectivity index (χ0) is 20.4. The minimum atomic E-state index is -0.391. The summed E-state index contributed by atoms with van der Waals surface area (Å²) in [5, 5.41) is 14.4. The van der Waals surface area contributed by atoms with E-state index in [2.05, 4.69) is 20.8 Å². The van der Waals surface area contributed by atoms with Crippen LogP contribution in [0.1, 0.15) is 21.7 Å². The molecule has 0 bridgehead atoms. The smallest absolute Gasteiger partial charge is 0.311 e. The highest BCUT2D eigenvalue weighted by Gasteiger charge is 2.25. The van der Waals surface area contributed by atoms with Crippen LogP contribution in [0, 0.1) is 13.8 Å². The van der Waals surface area contributed by atoms with Gasteiger partial charge in [-0.05, 0) is 55.2 Å². The van der Waals surface area contributed by atoms with Gasteiger partial charge in [0, 0.05) is 17.9 Å². The molecule has 148 valence electrons. The average Bonchev–Trinajstić information content (AvgIpc) is 3.27. The van der Waals surface area contributed by atoms with Gasteiger partial charge in [0.25, 0.3) is 0 Å². The molecule has 8 heteroatoms. The fraction of sp³-hybridized carbons (Fsp3) is 0.238. The number of rotatable bonds is 4. The van der Waals surface area contributed by atoms with Gasteiger partial charge in [-0.2, -0.15) is 0 Å². The Balaban J connectivity index is 1.36. The number of urea groups is 1. The summed E-state index contributed by atoms with van der Waals surface area (Å²) in [4.78, 5) is 26.7. The van der Waals surface area contributed by atoms with Crippen molar-refractivity contribution in [3.63, 3.8) is 0 Å². The van der Waals surface area contributed by atoms with E-state index in [1.807, 2.05) is 56.3 Å². The Labute approximate surface area is 172 Å². The Morgan fingerprint density at radius 2 is 1.83 bits per heavy atom. The van der Waals surface area contributed by atoms with Crippen molar-refractivity contribution in [2.45, 2.75) is 26.7 Å². The third kappa shape index (κ3) is 4.43. The summed E-state index contributed by atoms with van der Waals surface area (Å²) in [5.41, 5.74) is 5.00. The summed E-state index contributed by atoms with van der Waals surface area (Å²) >= 11 is 1.20. The maximum atomic E-state index is 12.7. The number of amides is 3. The molecule has 3 amide bonds. The van der Waals surface area contributed by atoms with Gasteiger partial charge in [0.05, 0.1) is 6.42 Å². The van der Waals surface area contributed by atoms with Crippen molar-refractivity contribution in [2.24, 2.45) is 0 Å². The third-order valence-electron chi connectivity index (χ3n) is 4.66. The maximum absolute atomic E-state index is 12.7. The summed E-state index contributed by atoms with van der Waals surface area (Å²) in [7, 11) is 0. The van der Waals surface area contributed by atoms with Crippen LogP contribution < -0.4 is 15.5 Å². The second-order valence-corrected chi connectivity index (χ2v) is 8.12. The number of nitrogens with one attached hydrogen (secondary N) is 2. The minimum Gasteiger partial charge on any atom is -0.311 e. The molecule has 1 aliphatic rings. The molecular formula is C21H21N5O2S. The van der Waals surface area contributed by atoms with Crippen LogP contribution in [-0.4, -0.2) is 28.7 Å². The molecule has 7 nitrogen and oxygen atoms in total. The highest BCUT2D eigenvalue weighted by Crippen LogP contribution is 2.28. The number of carbonyl (C=O) groups is 2. The van der Waals surface area contributed by atoms with Gasteiger partial charge in [-0.25, -0.2) is 4.79 Å². The van der Waals surface area contributed by atoms with Crippen molar-refractivity contribution < 1.29 is 9.59 Å². The lowest BCUT2D eigenvalue weighted by molar-refractivity contribution is -0.117. The van der Waals surface area contributed by atoms with Crippen molar-refractivity contribution in [1.29, 1.82) is 0 Å². The number of hydrogen-bond acceptors (Lipinski definition) is 5. The number of hydrogen-bond donors (Lipinski definition) is 2. The van der Waals surface area contributed by atoms with E-state index >= 15 is 0 Å². The van der Waals surface area contributed by atoms with Crippen molar-refractivity contribution in [3.05, 3.63) is 64.2 Å². The van der Waals surface area contributed by atoms with E-state index in [9.17, 15) is 9.59 Å². The quantitative estimate of drug-likeness (QED) is 0.686. The van der Waals surface area contributed by atoms with Crippen LogP contribution in [0.15, 0.2) is 42.5 Å². The fourth-order valence-electron chi connectivity index (χ4n) is 3.50. The van der Waals surface area contributed by atoms with Gasteiger partial charge in [0.1, 0.15) is 5.01 Å². The number of anilines is 3. The number of benzene rings is 2. The van der Waals surface area contributed by atoms with Gasteiger partial charge in [0.2, 0.25) is 11.0 Å². The van der Waals surface area contributed by atoms with Crippen LogP contribution in [-0.2, 0) is 17.6 Å². The van der Waals surface area contributed by atoms with Gasteiger partial charge >= 0.3 is 6.03 Å². The van der Waals surface area contributed by atoms with Crippen LogP contribution >= 0.6 is 11.3 Å². The predicted octanol–water partition coefficient (Wildman–Crippen LogP) is 3.93. The molecule has 2 aromatic carbocycles. The van der Waals surface area contributed by atoms with Crippen LogP contribution in [0.2, 0.25) is 0 Å². The molecule has 0 aliphatic carbocycles. The zero-order valence-corrected chi connectivity index (χ0v) is 17.0. The van der Waals surface area contributed by atoms with E-state index in [0.29, 0.717) is 22.4 Å². The van der Waals surface area contributed by atoms with Gasteiger partial charge in [0.15, 0.2) is 0 Å². The molecule has 0 fully saturated rings. The molecule has 29 heavy (non-hydrogen) atoms. The van der Waals surface area contributed by atoms with Gasteiger partial charge in [-0.15, -0.1) is 10.2 Å². The molecule has 0 radical (unpaired) electrons. The Kier molecular flexibility index (Phi) is 5.26. The first-order chi connectivity index (χ1) is 14.0. The van der Waals surface area contributed by atoms with Crippen molar-refractivity contribution in [2.75, 3.05) is 22.1 Å². The second-order valence-electron chi connectivity index (χ2n) is 7.06. The SMILES string of the molecule is Cc1cc(C)cc(NC(=O)Nc2nnc(CC(=O)N3CCc4ccccc43)s2)c1. The highest BCUT2D eigenvalue weighted by molar-refractivity contribution is 7.15. The van der Waals surface area contributed by atoms with Crippen LogP contribution in [0.4, 0.5) is 21.3 Å². The zero-order valence-electron chi connectivity index (χ0n) is 16.2. The Hall–Kier alpha value is -3.26. The summed E-state index contributed by atoms with van der Waals surface area (Å²) in [5.74, 6) is -0.0164. The number of aromatic nitrogens is 2. The normalized spacial score (nSPS) is 12.6. The molecule has 1 aromatic heterocycles. The first-order valence-electron chi connectivity index (χ1n) is 9.35. The molecule has 0 saturated heterocycles. The molecule has 2 heterocycles. The second kappa shape index (κ2) is 8.00. The maximum Gasteiger partial charge on any atom is 0.325 e. The van der Waals surface area contributed by atoms with E-state index in [0.717, 1.165) is 23.2 Å². The molecule has 0 spiro atoms.